The quantitative estimate of drug-likeness (QED) is 0.948. The lowest BCUT2D eigenvalue weighted by molar-refractivity contribution is 0.0723. The summed E-state index contributed by atoms with van der Waals surface area (Å²) in [5.74, 6) is -0.119. The van der Waals surface area contributed by atoms with Gasteiger partial charge >= 0.3 is 0 Å². The Morgan fingerprint density at radius 1 is 1.32 bits per heavy atom. The highest BCUT2D eigenvalue weighted by molar-refractivity contribution is 5.99. The SMILES string of the molecule is COc1cc(O)c2c(c1)CCN(Cc1cccc(F)c1)C2=O. The average molecular weight is 301 g/mol. The predicted octanol–water partition coefficient (Wildman–Crippen LogP) is 2.74. The first-order valence-electron chi connectivity index (χ1n) is 7.02. The first-order valence-corrected chi connectivity index (χ1v) is 7.02. The standard InChI is InChI=1S/C17H16FNO3/c1-22-14-8-12-5-6-19(17(21)16(12)15(20)9-14)10-11-3-2-4-13(18)7-11/h2-4,7-9,20H,5-6,10H2,1H3. The van der Waals surface area contributed by atoms with E-state index in [1.807, 2.05) is 0 Å². The van der Waals surface area contributed by atoms with Crippen molar-refractivity contribution in [2.45, 2.75) is 13.0 Å². The summed E-state index contributed by atoms with van der Waals surface area (Å²) in [4.78, 5) is 14.2. The summed E-state index contributed by atoms with van der Waals surface area (Å²) in [6.45, 7) is 0.844. The summed E-state index contributed by atoms with van der Waals surface area (Å²) in [6, 6.07) is 9.38. The van der Waals surface area contributed by atoms with Gasteiger partial charge in [0, 0.05) is 19.2 Å². The molecule has 0 saturated heterocycles. The smallest absolute Gasteiger partial charge is 0.258 e. The zero-order valence-corrected chi connectivity index (χ0v) is 12.2. The van der Waals surface area contributed by atoms with Gasteiger partial charge in [-0.25, -0.2) is 4.39 Å². The van der Waals surface area contributed by atoms with Crippen LogP contribution in [0.3, 0.4) is 0 Å². The number of phenolic OH excluding ortho intramolecular Hbond substituents is 1. The van der Waals surface area contributed by atoms with Gasteiger partial charge in [0.1, 0.15) is 17.3 Å². The highest BCUT2D eigenvalue weighted by Crippen LogP contribution is 2.32. The number of hydrogen-bond donors (Lipinski definition) is 1. The van der Waals surface area contributed by atoms with E-state index in [4.69, 9.17) is 4.74 Å². The Hall–Kier alpha value is -2.56. The lowest BCUT2D eigenvalue weighted by Gasteiger charge is -2.29. The van der Waals surface area contributed by atoms with Gasteiger partial charge in [0.15, 0.2) is 0 Å². The zero-order valence-electron chi connectivity index (χ0n) is 12.2. The average Bonchev–Trinajstić information content (AvgIpc) is 2.49. The van der Waals surface area contributed by atoms with Gasteiger partial charge in [-0.05, 0) is 35.7 Å². The summed E-state index contributed by atoms with van der Waals surface area (Å²) >= 11 is 0. The number of phenols is 1. The fourth-order valence-electron chi connectivity index (χ4n) is 2.74. The van der Waals surface area contributed by atoms with Gasteiger partial charge in [-0.1, -0.05) is 12.1 Å². The van der Waals surface area contributed by atoms with E-state index in [0.29, 0.717) is 30.8 Å². The summed E-state index contributed by atoms with van der Waals surface area (Å²) < 4.78 is 18.4. The molecular weight excluding hydrogens is 285 g/mol. The number of fused-ring (bicyclic) bond motifs is 1. The molecule has 1 amide bonds. The van der Waals surface area contributed by atoms with Crippen LogP contribution in [0.25, 0.3) is 0 Å². The van der Waals surface area contributed by atoms with Gasteiger partial charge in [0.05, 0.1) is 12.7 Å². The van der Waals surface area contributed by atoms with Gasteiger partial charge in [-0.2, -0.15) is 0 Å². The molecule has 5 heteroatoms. The fraction of sp³-hybridized carbons (Fsp3) is 0.235. The Labute approximate surface area is 127 Å². The van der Waals surface area contributed by atoms with Gasteiger partial charge in [0.2, 0.25) is 0 Å². The highest BCUT2D eigenvalue weighted by Gasteiger charge is 2.28. The Bertz CT molecular complexity index is 730. The molecule has 3 rings (SSSR count). The van der Waals surface area contributed by atoms with Crippen LogP contribution in [0, 0.1) is 5.82 Å². The molecule has 0 radical (unpaired) electrons. The van der Waals surface area contributed by atoms with E-state index in [1.165, 1.54) is 25.3 Å². The van der Waals surface area contributed by atoms with Crippen LogP contribution in [0.2, 0.25) is 0 Å². The van der Waals surface area contributed by atoms with Crippen LogP contribution in [-0.2, 0) is 13.0 Å². The van der Waals surface area contributed by atoms with Crippen molar-refractivity contribution in [3.05, 3.63) is 58.9 Å². The van der Waals surface area contributed by atoms with E-state index in [1.54, 1.807) is 23.1 Å². The van der Waals surface area contributed by atoms with E-state index in [9.17, 15) is 14.3 Å². The van der Waals surface area contributed by atoms with E-state index in [-0.39, 0.29) is 17.5 Å². The van der Waals surface area contributed by atoms with Crippen LogP contribution in [-0.4, -0.2) is 29.6 Å². The highest BCUT2D eigenvalue weighted by atomic mass is 19.1. The largest absolute Gasteiger partial charge is 0.507 e. The van der Waals surface area contributed by atoms with Crippen LogP contribution in [0.4, 0.5) is 4.39 Å². The van der Waals surface area contributed by atoms with E-state index >= 15 is 0 Å². The second-order valence-corrected chi connectivity index (χ2v) is 5.29. The molecule has 1 N–H and O–H groups in total. The second kappa shape index (κ2) is 5.67. The number of halogens is 1. The van der Waals surface area contributed by atoms with E-state index in [0.717, 1.165) is 11.1 Å². The van der Waals surface area contributed by atoms with E-state index in [2.05, 4.69) is 0 Å². The number of carbonyl (C=O) groups excluding carboxylic acids is 1. The lowest BCUT2D eigenvalue weighted by Crippen LogP contribution is -2.37. The second-order valence-electron chi connectivity index (χ2n) is 5.29. The van der Waals surface area contributed by atoms with Crippen molar-refractivity contribution in [3.63, 3.8) is 0 Å². The zero-order chi connectivity index (χ0) is 15.7. The molecular formula is C17H16FNO3. The fourth-order valence-corrected chi connectivity index (χ4v) is 2.74. The minimum atomic E-state index is -0.324. The van der Waals surface area contributed by atoms with Crippen LogP contribution >= 0.6 is 0 Å². The number of ether oxygens (including phenoxy) is 1. The summed E-state index contributed by atoms with van der Waals surface area (Å²) in [6.07, 6.45) is 0.626. The maximum atomic E-state index is 13.2. The normalized spacial score (nSPS) is 13.9. The predicted molar refractivity (Wildman–Crippen MR) is 79.5 cm³/mol. The number of methoxy groups -OCH3 is 1. The summed E-state index contributed by atoms with van der Waals surface area (Å²) in [7, 11) is 1.52. The Morgan fingerprint density at radius 2 is 2.14 bits per heavy atom. The molecule has 0 bridgehead atoms. The topological polar surface area (TPSA) is 49.8 Å². The van der Waals surface area contributed by atoms with Crippen molar-refractivity contribution >= 4 is 5.91 Å². The van der Waals surface area contributed by atoms with Gasteiger partial charge in [0.25, 0.3) is 5.91 Å². The van der Waals surface area contributed by atoms with Gasteiger partial charge in [-0.15, -0.1) is 0 Å². The third kappa shape index (κ3) is 2.62. The molecule has 0 atom stereocenters. The molecule has 0 aliphatic carbocycles. The Balaban J connectivity index is 1.88. The van der Waals surface area contributed by atoms with Crippen LogP contribution in [0.15, 0.2) is 36.4 Å². The molecule has 114 valence electrons. The maximum absolute atomic E-state index is 13.2. The number of amides is 1. The summed E-state index contributed by atoms with van der Waals surface area (Å²) in [5, 5.41) is 10.1. The molecule has 2 aromatic carbocycles. The lowest BCUT2D eigenvalue weighted by atomic mass is 9.97. The Kier molecular flexibility index (Phi) is 3.71. The molecule has 2 aromatic rings. The monoisotopic (exact) mass is 301 g/mol. The molecule has 22 heavy (non-hydrogen) atoms. The first-order chi connectivity index (χ1) is 10.6. The van der Waals surface area contributed by atoms with Gasteiger partial charge < -0.3 is 14.7 Å². The molecule has 0 spiro atoms. The van der Waals surface area contributed by atoms with Crippen molar-refractivity contribution in [3.8, 4) is 11.5 Å². The van der Waals surface area contributed by atoms with Crippen molar-refractivity contribution < 1.29 is 19.0 Å². The van der Waals surface area contributed by atoms with Crippen molar-refractivity contribution in [1.29, 1.82) is 0 Å². The van der Waals surface area contributed by atoms with Crippen LogP contribution < -0.4 is 4.74 Å². The molecule has 1 aliphatic heterocycles. The Morgan fingerprint density at radius 3 is 2.86 bits per heavy atom. The number of aromatic hydroxyl groups is 1. The van der Waals surface area contributed by atoms with Crippen molar-refractivity contribution in [2.24, 2.45) is 0 Å². The summed E-state index contributed by atoms with van der Waals surface area (Å²) in [5.41, 5.74) is 1.81. The number of rotatable bonds is 3. The first kappa shape index (κ1) is 14.4. The van der Waals surface area contributed by atoms with Crippen LogP contribution in [0.1, 0.15) is 21.5 Å². The van der Waals surface area contributed by atoms with E-state index < -0.39 is 0 Å². The molecule has 0 fully saturated rings. The van der Waals surface area contributed by atoms with Gasteiger partial charge in [-0.3, -0.25) is 4.79 Å². The maximum Gasteiger partial charge on any atom is 0.258 e. The molecule has 0 saturated carbocycles. The minimum Gasteiger partial charge on any atom is -0.507 e. The third-order valence-electron chi connectivity index (χ3n) is 3.82. The molecule has 0 unspecified atom stereocenters. The van der Waals surface area contributed by atoms with Crippen molar-refractivity contribution in [2.75, 3.05) is 13.7 Å². The number of hydrogen-bond acceptors (Lipinski definition) is 3. The van der Waals surface area contributed by atoms with Crippen molar-refractivity contribution in [1.82, 2.24) is 4.90 Å². The molecule has 4 nitrogen and oxygen atoms in total. The number of benzene rings is 2. The third-order valence-corrected chi connectivity index (χ3v) is 3.82. The molecule has 0 aromatic heterocycles. The molecule has 1 heterocycles. The number of nitrogens with zero attached hydrogens (tertiary/aromatic N) is 1. The number of carbonyl (C=O) groups is 1. The van der Waals surface area contributed by atoms with Crippen LogP contribution in [0.5, 0.6) is 11.5 Å². The molecule has 1 aliphatic rings. The minimum absolute atomic E-state index is 0.0803.